The van der Waals surface area contributed by atoms with Gasteiger partial charge in [-0.3, -0.25) is 4.79 Å². The zero-order chi connectivity index (χ0) is 13.1. The summed E-state index contributed by atoms with van der Waals surface area (Å²) in [5.74, 6) is -0.00557. The Labute approximate surface area is 106 Å². The Morgan fingerprint density at radius 2 is 1.83 bits per heavy atom. The lowest BCUT2D eigenvalue weighted by molar-refractivity contribution is 0.112. The summed E-state index contributed by atoms with van der Waals surface area (Å²) in [5.41, 5.74) is 11.3. The molecule has 0 fully saturated rings. The minimum atomic E-state index is -0.477. The number of hydrogen-bond acceptors (Lipinski definition) is 6. The van der Waals surface area contributed by atoms with Crippen LogP contribution in [-0.4, -0.2) is 16.3 Å². The molecule has 0 saturated carbocycles. The topological polar surface area (TPSA) is 94.9 Å². The molecule has 0 unspecified atom stereocenters. The maximum atomic E-state index is 13.0. The van der Waals surface area contributed by atoms with Crippen LogP contribution in [0.5, 0.6) is 0 Å². The van der Waals surface area contributed by atoms with E-state index in [1.165, 1.54) is 18.2 Å². The quantitative estimate of drug-likeness (QED) is 0.647. The Morgan fingerprint density at radius 3 is 2.44 bits per heavy atom. The average molecular weight is 264 g/mol. The van der Waals surface area contributed by atoms with Crippen LogP contribution in [0.4, 0.5) is 16.0 Å². The predicted molar refractivity (Wildman–Crippen MR) is 66.8 cm³/mol. The van der Waals surface area contributed by atoms with E-state index in [0.29, 0.717) is 16.3 Å². The van der Waals surface area contributed by atoms with Gasteiger partial charge in [-0.25, -0.2) is 14.4 Å². The van der Waals surface area contributed by atoms with E-state index in [1.807, 2.05) is 0 Å². The molecule has 1 aromatic carbocycles. The molecule has 0 bridgehead atoms. The van der Waals surface area contributed by atoms with Crippen LogP contribution in [-0.2, 0) is 0 Å². The van der Waals surface area contributed by atoms with Crippen LogP contribution in [0.2, 0.25) is 0 Å². The highest BCUT2D eigenvalue weighted by Crippen LogP contribution is 2.28. The van der Waals surface area contributed by atoms with Crippen molar-refractivity contribution < 1.29 is 9.18 Å². The molecule has 0 amide bonds. The minimum absolute atomic E-state index is 0.226. The number of carbonyl (C=O) groups is 1. The van der Waals surface area contributed by atoms with Crippen molar-refractivity contribution in [2.24, 2.45) is 0 Å². The zero-order valence-electron chi connectivity index (χ0n) is 9.13. The second-order valence-corrected chi connectivity index (χ2v) is 4.41. The Bertz CT molecular complexity index is 585. The molecule has 0 saturated heterocycles. The number of aromatic nitrogens is 2. The summed E-state index contributed by atoms with van der Waals surface area (Å²) in [4.78, 5) is 19.3. The summed E-state index contributed by atoms with van der Waals surface area (Å²) in [5, 5.41) is 0.308. The molecule has 0 radical (unpaired) electrons. The first-order valence-electron chi connectivity index (χ1n) is 4.91. The normalized spacial score (nSPS) is 10.3. The van der Waals surface area contributed by atoms with Gasteiger partial charge in [-0.15, -0.1) is 0 Å². The third-order valence-electron chi connectivity index (χ3n) is 2.05. The number of aldehydes is 1. The fourth-order valence-electron chi connectivity index (χ4n) is 1.31. The molecule has 0 aliphatic carbocycles. The molecule has 2 rings (SSSR count). The predicted octanol–water partition coefficient (Wildman–Crippen LogP) is 1.74. The molecule has 5 nitrogen and oxygen atoms in total. The largest absolute Gasteiger partial charge is 0.383 e. The first-order valence-corrected chi connectivity index (χ1v) is 5.73. The lowest BCUT2D eigenvalue weighted by Gasteiger charge is -2.04. The van der Waals surface area contributed by atoms with Crippen LogP contribution in [0.15, 0.2) is 34.3 Å². The highest BCUT2D eigenvalue weighted by Gasteiger charge is 2.08. The van der Waals surface area contributed by atoms with Gasteiger partial charge in [-0.2, -0.15) is 0 Å². The number of nitrogen functional groups attached to an aromatic ring is 2. The molecule has 18 heavy (non-hydrogen) atoms. The summed E-state index contributed by atoms with van der Waals surface area (Å²) in [6.07, 6.45) is 0.571. The van der Waals surface area contributed by atoms with Gasteiger partial charge < -0.3 is 11.5 Å². The molecule has 0 aliphatic rings. The molecule has 0 spiro atoms. The Balaban J connectivity index is 2.36. The van der Waals surface area contributed by atoms with E-state index in [9.17, 15) is 9.18 Å². The van der Waals surface area contributed by atoms with Crippen molar-refractivity contribution in [3.8, 4) is 0 Å². The van der Waals surface area contributed by atoms with Gasteiger partial charge in [0.25, 0.3) is 0 Å². The van der Waals surface area contributed by atoms with Crippen molar-refractivity contribution in [2.75, 3.05) is 11.5 Å². The number of anilines is 2. The van der Waals surface area contributed by atoms with Crippen molar-refractivity contribution >= 4 is 29.7 Å². The smallest absolute Gasteiger partial charge is 0.196 e. The molecular formula is C11H9FN4OS. The fourth-order valence-corrected chi connectivity index (χ4v) is 2.17. The molecule has 2 aromatic rings. The van der Waals surface area contributed by atoms with Crippen molar-refractivity contribution in [1.82, 2.24) is 9.97 Å². The van der Waals surface area contributed by atoms with E-state index in [2.05, 4.69) is 9.97 Å². The third kappa shape index (κ3) is 2.75. The van der Waals surface area contributed by atoms with Crippen molar-refractivity contribution in [3.63, 3.8) is 0 Å². The fraction of sp³-hybridized carbons (Fsp3) is 0. The number of halogens is 1. The van der Waals surface area contributed by atoms with Crippen molar-refractivity contribution in [3.05, 3.63) is 35.6 Å². The number of carbonyl (C=O) groups excluding carboxylic acids is 1. The van der Waals surface area contributed by atoms with E-state index < -0.39 is 5.82 Å². The van der Waals surface area contributed by atoms with Gasteiger partial charge in [0.2, 0.25) is 0 Å². The van der Waals surface area contributed by atoms with Crippen LogP contribution < -0.4 is 11.5 Å². The van der Waals surface area contributed by atoms with Crippen LogP contribution in [0, 0.1) is 5.82 Å². The molecule has 1 heterocycles. The van der Waals surface area contributed by atoms with Gasteiger partial charge in [-0.1, -0.05) is 0 Å². The highest BCUT2D eigenvalue weighted by molar-refractivity contribution is 7.99. The summed E-state index contributed by atoms with van der Waals surface area (Å²) in [7, 11) is 0. The van der Waals surface area contributed by atoms with E-state index in [4.69, 9.17) is 11.5 Å². The average Bonchev–Trinajstić information content (AvgIpc) is 2.30. The molecular weight excluding hydrogens is 255 g/mol. The summed E-state index contributed by atoms with van der Waals surface area (Å²) in [6.45, 7) is 0. The van der Waals surface area contributed by atoms with E-state index in [0.717, 1.165) is 17.8 Å². The summed E-state index contributed by atoms with van der Waals surface area (Å²) in [6, 6.07) is 5.30. The standard InChI is InChI=1S/C11H9FN4OS/c12-7-1-2-8(6(3-7)5-17)18-11-15-9(13)4-10(14)16-11/h1-5H,(H4,13,14,15,16). The molecule has 92 valence electrons. The van der Waals surface area contributed by atoms with Crippen LogP contribution in [0.3, 0.4) is 0 Å². The monoisotopic (exact) mass is 264 g/mol. The molecule has 0 atom stereocenters. The Hall–Kier alpha value is -2.15. The number of rotatable bonds is 3. The Morgan fingerprint density at radius 1 is 1.17 bits per heavy atom. The highest BCUT2D eigenvalue weighted by atomic mass is 32.2. The first kappa shape index (κ1) is 12.3. The third-order valence-corrected chi connectivity index (χ3v) is 3.00. The van der Waals surface area contributed by atoms with Crippen LogP contribution in [0.1, 0.15) is 10.4 Å². The summed E-state index contributed by atoms with van der Waals surface area (Å²) < 4.78 is 13.0. The number of nitrogens with two attached hydrogens (primary N) is 2. The SMILES string of the molecule is Nc1cc(N)nc(Sc2ccc(F)cc2C=O)n1. The van der Waals surface area contributed by atoms with Crippen molar-refractivity contribution in [1.29, 1.82) is 0 Å². The lowest BCUT2D eigenvalue weighted by atomic mass is 10.2. The molecule has 0 aliphatic heterocycles. The van der Waals surface area contributed by atoms with E-state index >= 15 is 0 Å². The first-order chi connectivity index (χ1) is 8.58. The van der Waals surface area contributed by atoms with Gasteiger partial charge >= 0.3 is 0 Å². The Kier molecular flexibility index (Phi) is 3.42. The maximum absolute atomic E-state index is 13.0. The van der Waals surface area contributed by atoms with Gasteiger partial charge in [-0.05, 0) is 30.0 Å². The number of hydrogen-bond donors (Lipinski definition) is 2. The molecule has 7 heteroatoms. The van der Waals surface area contributed by atoms with Crippen LogP contribution in [0.25, 0.3) is 0 Å². The zero-order valence-corrected chi connectivity index (χ0v) is 9.95. The van der Waals surface area contributed by atoms with E-state index in [-0.39, 0.29) is 17.2 Å². The second-order valence-electron chi connectivity index (χ2n) is 3.40. The van der Waals surface area contributed by atoms with Crippen LogP contribution >= 0.6 is 11.8 Å². The lowest BCUT2D eigenvalue weighted by Crippen LogP contribution is -1.99. The second kappa shape index (κ2) is 5.01. The number of nitrogens with zero attached hydrogens (tertiary/aromatic N) is 2. The van der Waals surface area contributed by atoms with Crippen molar-refractivity contribution in [2.45, 2.75) is 10.1 Å². The van der Waals surface area contributed by atoms with Gasteiger partial charge in [0, 0.05) is 16.5 Å². The molecule has 4 N–H and O–H groups in total. The van der Waals surface area contributed by atoms with E-state index in [1.54, 1.807) is 0 Å². The minimum Gasteiger partial charge on any atom is -0.383 e. The number of benzene rings is 1. The summed E-state index contributed by atoms with van der Waals surface area (Å²) >= 11 is 1.10. The molecule has 1 aromatic heterocycles. The van der Waals surface area contributed by atoms with Gasteiger partial charge in [0.05, 0.1) is 0 Å². The maximum Gasteiger partial charge on any atom is 0.196 e. The van der Waals surface area contributed by atoms with Gasteiger partial charge in [0.15, 0.2) is 11.4 Å². The van der Waals surface area contributed by atoms with Gasteiger partial charge in [0.1, 0.15) is 17.5 Å².